The number of likely N-dealkylation sites (tertiary alicyclic amines) is 1. The highest BCUT2D eigenvalue weighted by Crippen LogP contribution is 2.22. The van der Waals surface area contributed by atoms with Crippen LogP contribution in [0.5, 0.6) is 0 Å². The van der Waals surface area contributed by atoms with E-state index in [1.54, 1.807) is 0 Å². The van der Waals surface area contributed by atoms with Gasteiger partial charge in [0.15, 0.2) is 0 Å². The maximum atomic E-state index is 12.6. The third kappa shape index (κ3) is 4.29. The van der Waals surface area contributed by atoms with E-state index >= 15 is 0 Å². The quantitative estimate of drug-likeness (QED) is 0.924. The molecule has 0 bridgehead atoms. The highest BCUT2D eigenvalue weighted by atomic mass is 16.2. The molecule has 2 amide bonds. The van der Waals surface area contributed by atoms with Crippen molar-refractivity contribution in [2.24, 2.45) is 0 Å². The van der Waals surface area contributed by atoms with E-state index in [0.717, 1.165) is 37.2 Å². The lowest BCUT2D eigenvalue weighted by molar-refractivity contribution is 0.138. The van der Waals surface area contributed by atoms with Crippen LogP contribution in [0, 0.1) is 6.92 Å². The van der Waals surface area contributed by atoms with E-state index in [2.05, 4.69) is 56.4 Å². The standard InChI is InChI=1S/C18H33N5O/c1-13(16-12-23(18(3,4)5)20-14(16)2)19-17(24)22-10-8-9-15(11-22)21(6)7/h12-13,15H,8-11H2,1-7H3,(H,19,24)/t13-,15+/m0/s1. The van der Waals surface area contributed by atoms with E-state index in [1.807, 2.05) is 23.4 Å². The van der Waals surface area contributed by atoms with Gasteiger partial charge in [-0.3, -0.25) is 4.68 Å². The molecule has 2 heterocycles. The molecule has 24 heavy (non-hydrogen) atoms. The highest BCUT2D eigenvalue weighted by molar-refractivity contribution is 5.74. The molecule has 136 valence electrons. The van der Waals surface area contributed by atoms with Gasteiger partial charge in [-0.1, -0.05) is 0 Å². The SMILES string of the molecule is Cc1nn(C(C)(C)C)cc1[C@H](C)NC(=O)N1CCC[C@@H](N(C)C)C1. The highest BCUT2D eigenvalue weighted by Gasteiger charge is 2.26. The molecule has 0 aromatic carbocycles. The summed E-state index contributed by atoms with van der Waals surface area (Å²) in [6.45, 7) is 12.0. The van der Waals surface area contributed by atoms with Crippen LogP contribution in [0.2, 0.25) is 0 Å². The average Bonchev–Trinajstić information content (AvgIpc) is 2.89. The molecule has 1 aliphatic heterocycles. The molecule has 1 aliphatic rings. The number of nitrogens with one attached hydrogen (secondary N) is 1. The number of hydrogen-bond acceptors (Lipinski definition) is 3. The molecule has 2 atom stereocenters. The third-order valence-electron chi connectivity index (χ3n) is 4.84. The van der Waals surface area contributed by atoms with Crippen molar-refractivity contribution in [1.82, 2.24) is 24.9 Å². The van der Waals surface area contributed by atoms with Gasteiger partial charge in [0.25, 0.3) is 0 Å². The van der Waals surface area contributed by atoms with Crippen LogP contribution in [0.3, 0.4) is 0 Å². The Labute approximate surface area is 146 Å². The molecular weight excluding hydrogens is 302 g/mol. The Morgan fingerprint density at radius 1 is 1.42 bits per heavy atom. The first-order chi connectivity index (χ1) is 11.1. The molecule has 1 saturated heterocycles. The lowest BCUT2D eigenvalue weighted by atomic mass is 10.1. The number of nitrogens with zero attached hydrogens (tertiary/aromatic N) is 4. The van der Waals surface area contributed by atoms with Gasteiger partial charge in [-0.05, 0) is 61.6 Å². The average molecular weight is 335 g/mol. The fourth-order valence-corrected chi connectivity index (χ4v) is 3.16. The van der Waals surface area contributed by atoms with E-state index in [9.17, 15) is 4.79 Å². The maximum Gasteiger partial charge on any atom is 0.317 e. The maximum absolute atomic E-state index is 12.6. The van der Waals surface area contributed by atoms with Gasteiger partial charge in [-0.2, -0.15) is 5.10 Å². The number of likely N-dealkylation sites (N-methyl/N-ethyl adjacent to an activating group) is 1. The topological polar surface area (TPSA) is 53.4 Å². The van der Waals surface area contributed by atoms with E-state index < -0.39 is 0 Å². The van der Waals surface area contributed by atoms with Crippen molar-refractivity contribution in [1.29, 1.82) is 0 Å². The Bertz CT molecular complexity index is 572. The zero-order valence-corrected chi connectivity index (χ0v) is 16.3. The van der Waals surface area contributed by atoms with Crippen LogP contribution >= 0.6 is 0 Å². The molecular formula is C18H33N5O. The van der Waals surface area contributed by atoms with Gasteiger partial charge in [0.2, 0.25) is 0 Å². The van der Waals surface area contributed by atoms with Crippen LogP contribution in [0.1, 0.15) is 57.8 Å². The number of amides is 2. The number of carbonyl (C=O) groups excluding carboxylic acids is 1. The zero-order chi connectivity index (χ0) is 18.1. The molecule has 2 rings (SSSR count). The second-order valence-corrected chi connectivity index (χ2v) is 8.16. The van der Waals surface area contributed by atoms with E-state index in [4.69, 9.17) is 0 Å². The predicted octanol–water partition coefficient (Wildman–Crippen LogP) is 2.74. The third-order valence-corrected chi connectivity index (χ3v) is 4.84. The molecule has 6 heteroatoms. The minimum Gasteiger partial charge on any atom is -0.331 e. The van der Waals surface area contributed by atoms with Crippen molar-refractivity contribution in [2.75, 3.05) is 27.2 Å². The Balaban J connectivity index is 2.02. The van der Waals surface area contributed by atoms with E-state index in [0.29, 0.717) is 6.04 Å². The van der Waals surface area contributed by atoms with Gasteiger partial charge in [-0.25, -0.2) is 4.79 Å². The number of aryl methyl sites for hydroxylation is 1. The summed E-state index contributed by atoms with van der Waals surface area (Å²) in [5.41, 5.74) is 2.00. The predicted molar refractivity (Wildman–Crippen MR) is 97.2 cm³/mol. The second kappa shape index (κ2) is 7.13. The fraction of sp³-hybridized carbons (Fsp3) is 0.778. The van der Waals surface area contributed by atoms with Crippen molar-refractivity contribution in [3.8, 4) is 0 Å². The normalized spacial score (nSPS) is 20.3. The first kappa shape index (κ1) is 18.8. The molecule has 1 aromatic rings. The number of rotatable bonds is 3. The molecule has 6 nitrogen and oxygen atoms in total. The second-order valence-electron chi connectivity index (χ2n) is 8.16. The summed E-state index contributed by atoms with van der Waals surface area (Å²) in [5.74, 6) is 0. The molecule has 0 unspecified atom stereocenters. The van der Waals surface area contributed by atoms with Gasteiger partial charge in [0.05, 0.1) is 17.3 Å². The Morgan fingerprint density at radius 3 is 2.62 bits per heavy atom. The number of carbonyl (C=O) groups is 1. The van der Waals surface area contributed by atoms with Crippen molar-refractivity contribution < 1.29 is 4.79 Å². The number of urea groups is 1. The fourth-order valence-electron chi connectivity index (χ4n) is 3.16. The first-order valence-electron chi connectivity index (χ1n) is 8.88. The molecule has 1 aromatic heterocycles. The summed E-state index contributed by atoms with van der Waals surface area (Å²) in [7, 11) is 4.16. The summed E-state index contributed by atoms with van der Waals surface area (Å²) in [5, 5.41) is 7.75. The summed E-state index contributed by atoms with van der Waals surface area (Å²) in [6, 6.07) is 0.426. The van der Waals surface area contributed by atoms with Crippen LogP contribution in [-0.2, 0) is 5.54 Å². The van der Waals surface area contributed by atoms with E-state index in [-0.39, 0.29) is 17.6 Å². The number of hydrogen-bond donors (Lipinski definition) is 1. The van der Waals surface area contributed by atoms with Crippen molar-refractivity contribution in [2.45, 2.75) is 65.1 Å². The molecule has 0 aliphatic carbocycles. The minimum absolute atomic E-state index is 0.0250. The van der Waals surface area contributed by atoms with Crippen LogP contribution in [0.4, 0.5) is 4.79 Å². The summed E-state index contributed by atoms with van der Waals surface area (Å²) in [4.78, 5) is 16.8. The van der Waals surface area contributed by atoms with Crippen LogP contribution < -0.4 is 5.32 Å². The smallest absolute Gasteiger partial charge is 0.317 e. The summed E-state index contributed by atoms with van der Waals surface area (Å²) in [6.07, 6.45) is 4.27. The largest absolute Gasteiger partial charge is 0.331 e. The van der Waals surface area contributed by atoms with Crippen LogP contribution in [0.25, 0.3) is 0 Å². The summed E-state index contributed by atoms with van der Waals surface area (Å²) >= 11 is 0. The Kier molecular flexibility index (Phi) is 5.58. The van der Waals surface area contributed by atoms with Gasteiger partial charge in [0.1, 0.15) is 0 Å². The molecule has 1 fully saturated rings. The monoisotopic (exact) mass is 335 g/mol. The first-order valence-corrected chi connectivity index (χ1v) is 8.88. The number of aromatic nitrogens is 2. The van der Waals surface area contributed by atoms with Gasteiger partial charge < -0.3 is 15.1 Å². The lowest BCUT2D eigenvalue weighted by Gasteiger charge is -2.36. The Hall–Kier alpha value is -1.56. The molecule has 0 radical (unpaired) electrons. The van der Waals surface area contributed by atoms with Crippen LogP contribution in [0.15, 0.2) is 6.20 Å². The molecule has 1 N–H and O–H groups in total. The van der Waals surface area contributed by atoms with Gasteiger partial charge >= 0.3 is 6.03 Å². The number of piperidine rings is 1. The Morgan fingerprint density at radius 2 is 2.08 bits per heavy atom. The van der Waals surface area contributed by atoms with Gasteiger partial charge in [-0.15, -0.1) is 0 Å². The van der Waals surface area contributed by atoms with Crippen molar-refractivity contribution in [3.05, 3.63) is 17.5 Å². The lowest BCUT2D eigenvalue weighted by Crippen LogP contribution is -2.51. The van der Waals surface area contributed by atoms with Crippen LogP contribution in [-0.4, -0.2) is 58.8 Å². The van der Waals surface area contributed by atoms with E-state index in [1.165, 1.54) is 0 Å². The van der Waals surface area contributed by atoms with Gasteiger partial charge in [0, 0.05) is 30.9 Å². The molecule has 0 saturated carbocycles. The van der Waals surface area contributed by atoms with Crippen molar-refractivity contribution >= 4 is 6.03 Å². The van der Waals surface area contributed by atoms with Crippen molar-refractivity contribution in [3.63, 3.8) is 0 Å². The molecule has 0 spiro atoms. The minimum atomic E-state index is -0.0570. The summed E-state index contributed by atoms with van der Waals surface area (Å²) < 4.78 is 1.98. The zero-order valence-electron chi connectivity index (χ0n) is 16.3.